The highest BCUT2D eigenvalue weighted by Gasteiger charge is 2.41. The van der Waals surface area contributed by atoms with Crippen LogP contribution in [0.5, 0.6) is 0 Å². The summed E-state index contributed by atoms with van der Waals surface area (Å²) in [5.41, 5.74) is -0.528. The Labute approximate surface area is 150 Å². The normalized spacial score (nSPS) is 23.1. The highest BCUT2D eigenvalue weighted by atomic mass is 16.3. The van der Waals surface area contributed by atoms with Gasteiger partial charge in [0.25, 0.3) is 11.5 Å². The van der Waals surface area contributed by atoms with Gasteiger partial charge in [0.1, 0.15) is 0 Å². The molecule has 0 saturated carbocycles. The third kappa shape index (κ3) is 3.32. The molecular weight excluding hydrogens is 336 g/mol. The minimum absolute atomic E-state index is 0.158. The first kappa shape index (κ1) is 18.1. The molecule has 0 aliphatic carbocycles. The number of H-pyrrole nitrogens is 1. The van der Waals surface area contributed by atoms with E-state index in [0.29, 0.717) is 24.1 Å². The minimum Gasteiger partial charge on any atom is -0.388 e. The van der Waals surface area contributed by atoms with E-state index in [2.05, 4.69) is 9.97 Å². The summed E-state index contributed by atoms with van der Waals surface area (Å²) in [6.45, 7) is 5.61. The molecule has 0 bridgehead atoms. The summed E-state index contributed by atoms with van der Waals surface area (Å²) in [5, 5.41) is 10.8. The van der Waals surface area contributed by atoms with Gasteiger partial charge >= 0.3 is 5.69 Å². The van der Waals surface area contributed by atoms with E-state index in [1.54, 1.807) is 31.0 Å². The van der Waals surface area contributed by atoms with Crippen molar-refractivity contribution < 1.29 is 9.90 Å². The predicted octanol–water partition coefficient (Wildman–Crippen LogP) is 0.387. The van der Waals surface area contributed by atoms with E-state index < -0.39 is 22.9 Å². The molecule has 8 nitrogen and oxygen atoms in total. The van der Waals surface area contributed by atoms with E-state index in [9.17, 15) is 19.5 Å². The molecule has 2 aromatic rings. The number of aromatic amines is 1. The Balaban J connectivity index is 1.95. The van der Waals surface area contributed by atoms with Crippen LogP contribution in [0.25, 0.3) is 0 Å². The molecule has 3 heterocycles. The summed E-state index contributed by atoms with van der Waals surface area (Å²) in [5.74, 6) is -0.198. The van der Waals surface area contributed by atoms with Crippen LogP contribution in [0.2, 0.25) is 0 Å². The summed E-state index contributed by atoms with van der Waals surface area (Å²) >= 11 is 0. The van der Waals surface area contributed by atoms with E-state index in [4.69, 9.17) is 0 Å². The standard InChI is InChI=1S/C18H22N4O4/c1-11-6-13(8-19-7-11)16(24)21-5-4-18(3,26)14(10-21)22-9-12(2)15(23)20-17(22)25/h6-9,14,26H,4-5,10H2,1-3H3,(H,20,23,25)/t14-,18-/m1/s1. The molecule has 1 saturated heterocycles. The number of aromatic nitrogens is 3. The van der Waals surface area contributed by atoms with E-state index >= 15 is 0 Å². The Bertz CT molecular complexity index is 960. The second-order valence-corrected chi connectivity index (χ2v) is 7.10. The van der Waals surface area contributed by atoms with Gasteiger partial charge in [-0.3, -0.25) is 24.1 Å². The maximum atomic E-state index is 12.8. The Morgan fingerprint density at radius 1 is 1.35 bits per heavy atom. The lowest BCUT2D eigenvalue weighted by Crippen LogP contribution is -2.55. The van der Waals surface area contributed by atoms with Crippen molar-refractivity contribution in [2.24, 2.45) is 0 Å². The fourth-order valence-corrected chi connectivity index (χ4v) is 3.27. The van der Waals surface area contributed by atoms with Crippen molar-refractivity contribution in [2.45, 2.75) is 38.8 Å². The van der Waals surface area contributed by atoms with Crippen LogP contribution in [-0.2, 0) is 0 Å². The number of carbonyl (C=O) groups is 1. The van der Waals surface area contributed by atoms with Gasteiger partial charge in [-0.2, -0.15) is 0 Å². The number of nitrogens with zero attached hydrogens (tertiary/aromatic N) is 3. The number of carbonyl (C=O) groups excluding carboxylic acids is 1. The van der Waals surface area contributed by atoms with Gasteiger partial charge in [-0.15, -0.1) is 0 Å². The van der Waals surface area contributed by atoms with Gasteiger partial charge in [-0.1, -0.05) is 0 Å². The van der Waals surface area contributed by atoms with E-state index in [-0.39, 0.29) is 12.5 Å². The first-order valence-electron chi connectivity index (χ1n) is 8.44. The van der Waals surface area contributed by atoms with Crippen molar-refractivity contribution in [3.63, 3.8) is 0 Å². The molecule has 1 aliphatic heterocycles. The first-order valence-corrected chi connectivity index (χ1v) is 8.44. The van der Waals surface area contributed by atoms with Gasteiger partial charge < -0.3 is 10.0 Å². The smallest absolute Gasteiger partial charge is 0.328 e. The van der Waals surface area contributed by atoms with Crippen LogP contribution < -0.4 is 11.2 Å². The number of hydrogen-bond donors (Lipinski definition) is 2. The molecule has 0 spiro atoms. The summed E-state index contributed by atoms with van der Waals surface area (Å²) in [4.78, 5) is 44.6. The highest BCUT2D eigenvalue weighted by molar-refractivity contribution is 5.94. The Morgan fingerprint density at radius 2 is 2.08 bits per heavy atom. The molecule has 2 N–H and O–H groups in total. The molecule has 0 radical (unpaired) electrons. The molecule has 8 heteroatoms. The van der Waals surface area contributed by atoms with Crippen molar-refractivity contribution in [1.29, 1.82) is 0 Å². The SMILES string of the molecule is Cc1cncc(C(=O)N2CC[C@@](C)(O)[C@H](n3cc(C)c(=O)[nH]c3=O)C2)c1. The third-order valence-corrected chi connectivity index (χ3v) is 4.89. The number of pyridine rings is 1. The molecule has 2 aromatic heterocycles. The summed E-state index contributed by atoms with van der Waals surface area (Å²) < 4.78 is 1.31. The molecule has 0 aromatic carbocycles. The Kier molecular flexibility index (Phi) is 4.53. The quantitative estimate of drug-likeness (QED) is 0.807. The number of aryl methyl sites for hydroxylation is 2. The number of piperidine rings is 1. The van der Waals surface area contributed by atoms with Crippen LogP contribution in [-0.4, -0.2) is 49.1 Å². The van der Waals surface area contributed by atoms with E-state index in [1.807, 2.05) is 6.92 Å². The largest absolute Gasteiger partial charge is 0.388 e. The number of hydrogen-bond acceptors (Lipinski definition) is 5. The van der Waals surface area contributed by atoms with Gasteiger partial charge in [0.15, 0.2) is 0 Å². The van der Waals surface area contributed by atoms with Gasteiger partial charge in [0.05, 0.1) is 17.2 Å². The second kappa shape index (κ2) is 6.53. The number of rotatable bonds is 2. The van der Waals surface area contributed by atoms with Crippen molar-refractivity contribution >= 4 is 5.91 Å². The van der Waals surface area contributed by atoms with Crippen LogP contribution in [0.1, 0.15) is 40.9 Å². The van der Waals surface area contributed by atoms with Crippen molar-refractivity contribution in [1.82, 2.24) is 19.4 Å². The molecule has 0 unspecified atom stereocenters. The molecule has 1 amide bonds. The lowest BCUT2D eigenvalue weighted by molar-refractivity contribution is -0.0460. The van der Waals surface area contributed by atoms with Crippen molar-refractivity contribution in [2.75, 3.05) is 13.1 Å². The van der Waals surface area contributed by atoms with Crippen LogP contribution >= 0.6 is 0 Å². The van der Waals surface area contributed by atoms with Crippen LogP contribution in [0.15, 0.2) is 34.2 Å². The summed E-state index contributed by atoms with van der Waals surface area (Å²) in [7, 11) is 0. The topological polar surface area (TPSA) is 108 Å². The zero-order valence-corrected chi connectivity index (χ0v) is 15.0. The molecule has 138 valence electrons. The van der Waals surface area contributed by atoms with Gasteiger partial charge in [0.2, 0.25) is 0 Å². The van der Waals surface area contributed by atoms with E-state index in [1.165, 1.54) is 17.0 Å². The fraction of sp³-hybridized carbons (Fsp3) is 0.444. The molecule has 26 heavy (non-hydrogen) atoms. The van der Waals surface area contributed by atoms with Gasteiger partial charge in [-0.25, -0.2) is 4.79 Å². The van der Waals surface area contributed by atoms with Crippen LogP contribution in [0.3, 0.4) is 0 Å². The Morgan fingerprint density at radius 3 is 2.77 bits per heavy atom. The zero-order chi connectivity index (χ0) is 19.1. The van der Waals surface area contributed by atoms with Gasteiger partial charge in [0, 0.05) is 37.2 Å². The number of aliphatic hydroxyl groups is 1. The van der Waals surface area contributed by atoms with Gasteiger partial charge in [-0.05, 0) is 38.8 Å². The van der Waals surface area contributed by atoms with E-state index in [0.717, 1.165) is 5.56 Å². The fourth-order valence-electron chi connectivity index (χ4n) is 3.27. The lowest BCUT2D eigenvalue weighted by atomic mass is 9.87. The molecular formula is C18H22N4O4. The summed E-state index contributed by atoms with van der Waals surface area (Å²) in [6.07, 6.45) is 4.92. The predicted molar refractivity (Wildman–Crippen MR) is 95.2 cm³/mol. The minimum atomic E-state index is -1.18. The first-order chi connectivity index (χ1) is 12.2. The third-order valence-electron chi connectivity index (χ3n) is 4.89. The maximum Gasteiger partial charge on any atom is 0.328 e. The number of likely N-dealkylation sites (tertiary alicyclic amines) is 1. The number of nitrogens with one attached hydrogen (secondary N) is 1. The lowest BCUT2D eigenvalue weighted by Gasteiger charge is -2.43. The molecule has 3 rings (SSSR count). The summed E-state index contributed by atoms with van der Waals surface area (Å²) in [6, 6.07) is 1.09. The van der Waals surface area contributed by atoms with Crippen LogP contribution in [0, 0.1) is 13.8 Å². The molecule has 1 aliphatic rings. The average Bonchev–Trinajstić information content (AvgIpc) is 2.58. The second-order valence-electron chi connectivity index (χ2n) is 7.10. The Hall–Kier alpha value is -2.74. The zero-order valence-electron chi connectivity index (χ0n) is 15.0. The maximum absolute atomic E-state index is 12.8. The van der Waals surface area contributed by atoms with Crippen molar-refractivity contribution in [3.8, 4) is 0 Å². The average molecular weight is 358 g/mol. The highest BCUT2D eigenvalue weighted by Crippen LogP contribution is 2.31. The van der Waals surface area contributed by atoms with Crippen LogP contribution in [0.4, 0.5) is 0 Å². The monoisotopic (exact) mass is 358 g/mol. The molecule has 1 fully saturated rings. The van der Waals surface area contributed by atoms with Crippen molar-refractivity contribution in [3.05, 3.63) is 62.2 Å². The molecule has 2 atom stereocenters. The number of amides is 1.